The lowest BCUT2D eigenvalue weighted by molar-refractivity contribution is -0.140. The molecule has 1 aromatic rings. The fraction of sp³-hybridized carbons (Fsp3) is 0.562. The zero-order valence-corrected chi connectivity index (χ0v) is 13.6. The van der Waals surface area contributed by atoms with E-state index >= 15 is 0 Å². The van der Waals surface area contributed by atoms with Crippen molar-refractivity contribution < 1.29 is 19.4 Å². The van der Waals surface area contributed by atoms with E-state index in [1.165, 1.54) is 12.8 Å². The molecule has 5 heteroatoms. The van der Waals surface area contributed by atoms with Gasteiger partial charge in [-0.15, -0.1) is 0 Å². The molecule has 3 rings (SSSR count). The zero-order chi connectivity index (χ0) is 15.0. The largest absolute Gasteiger partial charge is 0.493 e. The second kappa shape index (κ2) is 5.52. The van der Waals surface area contributed by atoms with Crippen molar-refractivity contribution in [1.82, 2.24) is 0 Å². The van der Waals surface area contributed by atoms with Crippen molar-refractivity contribution in [2.24, 2.45) is 0 Å². The molecule has 0 amide bonds. The first-order chi connectivity index (χ1) is 10.1. The maximum absolute atomic E-state index is 11.5. The van der Waals surface area contributed by atoms with Crippen molar-refractivity contribution >= 4 is 21.9 Å². The summed E-state index contributed by atoms with van der Waals surface area (Å²) in [5.74, 6) is 0.536. The van der Waals surface area contributed by atoms with E-state index in [0.29, 0.717) is 24.3 Å². The second-order valence-electron chi connectivity index (χ2n) is 5.90. The average molecular weight is 355 g/mol. The smallest absolute Gasteiger partial charge is 0.314 e. The van der Waals surface area contributed by atoms with Crippen LogP contribution in [0.4, 0.5) is 0 Å². The van der Waals surface area contributed by atoms with Crippen LogP contribution in [-0.4, -0.2) is 24.3 Å². The van der Waals surface area contributed by atoms with Crippen LogP contribution in [0.2, 0.25) is 0 Å². The Labute approximate surface area is 132 Å². The van der Waals surface area contributed by atoms with Crippen LogP contribution in [-0.2, 0) is 10.2 Å². The third-order valence-electron chi connectivity index (χ3n) is 4.53. The van der Waals surface area contributed by atoms with Crippen LogP contribution in [0.1, 0.15) is 44.1 Å². The number of carbonyl (C=O) groups is 1. The van der Waals surface area contributed by atoms with Gasteiger partial charge in [0.1, 0.15) is 0 Å². The Balaban J connectivity index is 1.93. The molecule has 2 aliphatic rings. The van der Waals surface area contributed by atoms with Gasteiger partial charge in [0, 0.05) is 0 Å². The summed E-state index contributed by atoms with van der Waals surface area (Å²) in [6, 6.07) is 3.68. The van der Waals surface area contributed by atoms with E-state index in [0.717, 1.165) is 22.9 Å². The summed E-state index contributed by atoms with van der Waals surface area (Å²) >= 11 is 3.52. The van der Waals surface area contributed by atoms with Crippen molar-refractivity contribution in [3.63, 3.8) is 0 Å². The van der Waals surface area contributed by atoms with Crippen molar-refractivity contribution in [3.8, 4) is 11.5 Å². The van der Waals surface area contributed by atoms with E-state index < -0.39 is 11.4 Å². The summed E-state index contributed by atoms with van der Waals surface area (Å²) in [5, 5.41) is 9.42. The molecule has 2 fully saturated rings. The van der Waals surface area contributed by atoms with Gasteiger partial charge in [0.2, 0.25) is 0 Å². The number of hydrogen-bond acceptors (Lipinski definition) is 3. The molecule has 0 bridgehead atoms. The van der Waals surface area contributed by atoms with Crippen molar-refractivity contribution in [2.45, 2.75) is 50.0 Å². The lowest BCUT2D eigenvalue weighted by Gasteiger charge is -2.20. The van der Waals surface area contributed by atoms with Crippen molar-refractivity contribution in [3.05, 3.63) is 22.2 Å². The molecule has 0 radical (unpaired) electrons. The normalized spacial score (nSPS) is 20.3. The fourth-order valence-electron chi connectivity index (χ4n) is 3.03. The van der Waals surface area contributed by atoms with E-state index in [-0.39, 0.29) is 6.10 Å². The van der Waals surface area contributed by atoms with Gasteiger partial charge in [0.25, 0.3) is 0 Å². The molecule has 2 aliphatic carbocycles. The molecule has 0 aromatic heterocycles. The molecule has 1 aromatic carbocycles. The van der Waals surface area contributed by atoms with Crippen molar-refractivity contribution in [2.75, 3.05) is 7.11 Å². The molecular weight excluding hydrogens is 336 g/mol. The highest BCUT2D eigenvalue weighted by Gasteiger charge is 2.52. The highest BCUT2D eigenvalue weighted by atomic mass is 79.9. The lowest BCUT2D eigenvalue weighted by Crippen LogP contribution is -2.20. The maximum atomic E-state index is 11.5. The molecule has 2 saturated carbocycles. The molecule has 0 heterocycles. The Bertz CT molecular complexity index is 560. The Morgan fingerprint density at radius 3 is 2.52 bits per heavy atom. The van der Waals surface area contributed by atoms with E-state index in [4.69, 9.17) is 9.47 Å². The SMILES string of the molecule is COc1cc(C2(C(=O)O)CC2)cc(Br)c1OC1CCCC1. The first-order valence-electron chi connectivity index (χ1n) is 7.35. The Morgan fingerprint density at radius 2 is 2.00 bits per heavy atom. The van der Waals surface area contributed by atoms with Crippen LogP contribution in [0, 0.1) is 0 Å². The van der Waals surface area contributed by atoms with Crippen molar-refractivity contribution in [1.29, 1.82) is 0 Å². The maximum Gasteiger partial charge on any atom is 0.314 e. The molecule has 0 spiro atoms. The summed E-state index contributed by atoms with van der Waals surface area (Å²) in [7, 11) is 1.59. The lowest BCUT2D eigenvalue weighted by atomic mass is 9.96. The zero-order valence-electron chi connectivity index (χ0n) is 12.0. The molecule has 4 nitrogen and oxygen atoms in total. The van der Waals surface area contributed by atoms with Gasteiger partial charge in [0.05, 0.1) is 23.1 Å². The number of ether oxygens (including phenoxy) is 2. The Hall–Kier alpha value is -1.23. The predicted molar refractivity (Wildman–Crippen MR) is 82.1 cm³/mol. The number of rotatable bonds is 5. The van der Waals surface area contributed by atoms with E-state index in [9.17, 15) is 9.90 Å². The molecule has 21 heavy (non-hydrogen) atoms. The first kappa shape index (κ1) is 14.7. The van der Waals surface area contributed by atoms with Gasteiger partial charge in [0.15, 0.2) is 11.5 Å². The van der Waals surface area contributed by atoms with E-state index in [1.807, 2.05) is 12.1 Å². The van der Waals surface area contributed by atoms with Gasteiger partial charge in [-0.2, -0.15) is 0 Å². The third-order valence-corrected chi connectivity index (χ3v) is 5.12. The summed E-state index contributed by atoms with van der Waals surface area (Å²) in [6.45, 7) is 0. The quantitative estimate of drug-likeness (QED) is 0.871. The standard InChI is InChI=1S/C16H19BrO4/c1-20-13-9-10(16(6-7-16)15(18)19)8-12(17)14(13)21-11-4-2-3-5-11/h8-9,11H,2-7H2,1H3,(H,18,19). The number of aliphatic carboxylic acids is 1. The average Bonchev–Trinajstić information content (AvgIpc) is 3.12. The van der Waals surface area contributed by atoms with Crippen LogP contribution in [0.25, 0.3) is 0 Å². The van der Waals surface area contributed by atoms with Crippen LogP contribution in [0.15, 0.2) is 16.6 Å². The molecule has 0 unspecified atom stereocenters. The van der Waals surface area contributed by atoms with Gasteiger partial charge in [-0.25, -0.2) is 0 Å². The molecular formula is C16H19BrO4. The van der Waals surface area contributed by atoms with Gasteiger partial charge in [-0.1, -0.05) is 0 Å². The summed E-state index contributed by atoms with van der Waals surface area (Å²) in [6.07, 6.45) is 6.12. The van der Waals surface area contributed by atoms with E-state index in [2.05, 4.69) is 15.9 Å². The topological polar surface area (TPSA) is 55.8 Å². The Morgan fingerprint density at radius 1 is 1.33 bits per heavy atom. The number of methoxy groups -OCH3 is 1. The summed E-state index contributed by atoms with van der Waals surface area (Å²) < 4.78 is 12.3. The number of carboxylic acid groups (broad SMARTS) is 1. The minimum absolute atomic E-state index is 0.232. The number of hydrogen-bond donors (Lipinski definition) is 1. The van der Waals surface area contributed by atoms with Crippen LogP contribution in [0.5, 0.6) is 11.5 Å². The van der Waals surface area contributed by atoms with E-state index in [1.54, 1.807) is 7.11 Å². The highest BCUT2D eigenvalue weighted by molar-refractivity contribution is 9.10. The molecule has 1 N–H and O–H groups in total. The first-order valence-corrected chi connectivity index (χ1v) is 8.14. The van der Waals surface area contributed by atoms with Crippen LogP contribution in [0.3, 0.4) is 0 Å². The Kier molecular flexibility index (Phi) is 3.86. The highest BCUT2D eigenvalue weighted by Crippen LogP contribution is 2.51. The predicted octanol–water partition coefficient (Wildman–Crippen LogP) is 3.90. The monoisotopic (exact) mass is 354 g/mol. The van der Waals surface area contributed by atoms with Gasteiger partial charge in [-0.05, 0) is 72.2 Å². The molecule has 114 valence electrons. The molecule has 0 atom stereocenters. The minimum Gasteiger partial charge on any atom is -0.493 e. The van der Waals surface area contributed by atoms with Gasteiger partial charge < -0.3 is 14.6 Å². The minimum atomic E-state index is -0.763. The second-order valence-corrected chi connectivity index (χ2v) is 6.76. The molecule has 0 saturated heterocycles. The number of benzene rings is 1. The molecule has 0 aliphatic heterocycles. The summed E-state index contributed by atoms with van der Waals surface area (Å²) in [5.41, 5.74) is 0.0549. The van der Waals surface area contributed by atoms with Gasteiger partial charge in [-0.3, -0.25) is 4.79 Å². The van der Waals surface area contributed by atoms with Crippen LogP contribution < -0.4 is 9.47 Å². The number of carboxylic acids is 1. The number of halogens is 1. The summed E-state index contributed by atoms with van der Waals surface area (Å²) in [4.78, 5) is 11.5. The fourth-order valence-corrected chi connectivity index (χ4v) is 3.57. The van der Waals surface area contributed by atoms with Gasteiger partial charge >= 0.3 is 5.97 Å². The third kappa shape index (κ3) is 2.63. The van der Waals surface area contributed by atoms with Crippen LogP contribution >= 0.6 is 15.9 Å².